The maximum absolute atomic E-state index is 14.3. The number of hydrogen-bond donors (Lipinski definition) is 1. The van der Waals surface area contributed by atoms with Gasteiger partial charge in [0.2, 0.25) is 0 Å². The van der Waals surface area contributed by atoms with Gasteiger partial charge in [0, 0.05) is 32.2 Å². The van der Waals surface area contributed by atoms with Crippen LogP contribution in [-0.4, -0.2) is 61.5 Å². The zero-order valence-corrected chi connectivity index (χ0v) is 13.7. The monoisotopic (exact) mass is 322 g/mol. The Hall–Kier alpha value is -1.17. The van der Waals surface area contributed by atoms with Crippen LogP contribution in [0.25, 0.3) is 0 Å². The number of benzene rings is 1. The number of rotatable bonds is 6. The standard InChI is InChI=1S/C18H27FN2O2/c19-17-7-3-4-8-18(17)21(15-5-1-2-6-15)14-16(22)13-20-9-11-23-12-10-20/h3-4,7-8,15-16,22H,1-2,5-6,9-14H2. The molecule has 2 fully saturated rings. The summed E-state index contributed by atoms with van der Waals surface area (Å²) in [5.74, 6) is -0.196. The number of nitrogens with zero attached hydrogens (tertiary/aromatic N) is 2. The molecule has 1 aliphatic heterocycles. The highest BCUT2D eigenvalue weighted by atomic mass is 19.1. The highest BCUT2D eigenvalue weighted by Crippen LogP contribution is 2.30. The van der Waals surface area contributed by atoms with Crippen LogP contribution in [0.4, 0.5) is 10.1 Å². The molecular formula is C18H27FN2O2. The van der Waals surface area contributed by atoms with Crippen molar-refractivity contribution in [3.8, 4) is 0 Å². The lowest BCUT2D eigenvalue weighted by molar-refractivity contribution is 0.0158. The van der Waals surface area contributed by atoms with Gasteiger partial charge in [-0.3, -0.25) is 4.90 Å². The van der Waals surface area contributed by atoms with Crippen molar-refractivity contribution in [2.75, 3.05) is 44.3 Å². The Morgan fingerprint density at radius 2 is 1.91 bits per heavy atom. The highest BCUT2D eigenvalue weighted by molar-refractivity contribution is 5.49. The van der Waals surface area contributed by atoms with E-state index in [-0.39, 0.29) is 5.82 Å². The fourth-order valence-electron chi connectivity index (χ4n) is 3.71. The first kappa shape index (κ1) is 16.7. The smallest absolute Gasteiger partial charge is 0.146 e. The largest absolute Gasteiger partial charge is 0.390 e. The molecular weight excluding hydrogens is 295 g/mol. The minimum Gasteiger partial charge on any atom is -0.390 e. The first-order chi connectivity index (χ1) is 11.2. The van der Waals surface area contributed by atoms with E-state index in [2.05, 4.69) is 9.80 Å². The number of hydrogen-bond acceptors (Lipinski definition) is 4. The van der Waals surface area contributed by atoms with Crippen molar-refractivity contribution < 1.29 is 14.2 Å². The summed E-state index contributed by atoms with van der Waals surface area (Å²) in [5, 5.41) is 10.5. The Kier molecular flexibility index (Phi) is 5.86. The Labute approximate surface area is 137 Å². The van der Waals surface area contributed by atoms with Crippen LogP contribution < -0.4 is 4.90 Å². The lowest BCUT2D eigenvalue weighted by Crippen LogP contribution is -2.46. The van der Waals surface area contributed by atoms with Crippen LogP contribution in [0, 0.1) is 5.82 Å². The van der Waals surface area contributed by atoms with Crippen LogP contribution >= 0.6 is 0 Å². The van der Waals surface area contributed by atoms with E-state index in [1.165, 1.54) is 18.9 Å². The molecule has 23 heavy (non-hydrogen) atoms. The minimum absolute atomic E-state index is 0.196. The number of morpholine rings is 1. The molecule has 1 unspecified atom stereocenters. The lowest BCUT2D eigenvalue weighted by atomic mass is 10.1. The lowest BCUT2D eigenvalue weighted by Gasteiger charge is -2.35. The molecule has 1 N–H and O–H groups in total. The second-order valence-electron chi connectivity index (χ2n) is 6.61. The molecule has 0 radical (unpaired) electrons. The van der Waals surface area contributed by atoms with Crippen LogP contribution in [0.3, 0.4) is 0 Å². The minimum atomic E-state index is -0.478. The van der Waals surface area contributed by atoms with E-state index in [9.17, 15) is 9.50 Å². The second kappa shape index (κ2) is 8.08. The number of anilines is 1. The molecule has 0 spiro atoms. The summed E-state index contributed by atoms with van der Waals surface area (Å²) < 4.78 is 19.6. The SMILES string of the molecule is OC(CN1CCOCC1)CN(c1ccccc1F)C1CCCC1. The third-order valence-electron chi connectivity index (χ3n) is 4.91. The molecule has 1 saturated heterocycles. The fraction of sp³-hybridized carbons (Fsp3) is 0.667. The molecule has 1 heterocycles. The summed E-state index contributed by atoms with van der Waals surface area (Å²) >= 11 is 0. The summed E-state index contributed by atoms with van der Waals surface area (Å²) in [6.07, 6.45) is 4.06. The van der Waals surface area contributed by atoms with E-state index in [0.717, 1.165) is 39.1 Å². The van der Waals surface area contributed by atoms with E-state index in [4.69, 9.17) is 4.74 Å². The number of aliphatic hydroxyl groups excluding tert-OH is 1. The van der Waals surface area contributed by atoms with Gasteiger partial charge < -0.3 is 14.7 Å². The number of ether oxygens (including phenoxy) is 1. The van der Waals surface area contributed by atoms with Gasteiger partial charge in [-0.15, -0.1) is 0 Å². The predicted molar refractivity (Wildman–Crippen MR) is 89.3 cm³/mol. The quantitative estimate of drug-likeness (QED) is 0.871. The van der Waals surface area contributed by atoms with Crippen LogP contribution in [0.1, 0.15) is 25.7 Å². The predicted octanol–water partition coefficient (Wildman–Crippen LogP) is 2.27. The zero-order chi connectivity index (χ0) is 16.1. The molecule has 2 aliphatic rings. The molecule has 1 saturated carbocycles. The Morgan fingerprint density at radius 3 is 2.61 bits per heavy atom. The summed E-state index contributed by atoms with van der Waals surface area (Å²) in [6, 6.07) is 7.26. The van der Waals surface area contributed by atoms with Crippen molar-refractivity contribution in [3.63, 3.8) is 0 Å². The van der Waals surface area contributed by atoms with Gasteiger partial charge in [-0.2, -0.15) is 0 Å². The van der Waals surface area contributed by atoms with Crippen molar-refractivity contribution in [1.29, 1.82) is 0 Å². The molecule has 3 rings (SSSR count). The summed E-state index contributed by atoms with van der Waals surface area (Å²) in [6.45, 7) is 4.29. The van der Waals surface area contributed by atoms with Crippen molar-refractivity contribution in [3.05, 3.63) is 30.1 Å². The van der Waals surface area contributed by atoms with Crippen molar-refractivity contribution in [2.24, 2.45) is 0 Å². The van der Waals surface area contributed by atoms with E-state index in [1.807, 2.05) is 12.1 Å². The third-order valence-corrected chi connectivity index (χ3v) is 4.91. The summed E-state index contributed by atoms with van der Waals surface area (Å²) in [5.41, 5.74) is 0.625. The molecule has 4 nitrogen and oxygen atoms in total. The van der Waals surface area contributed by atoms with Crippen LogP contribution in [0.5, 0.6) is 0 Å². The van der Waals surface area contributed by atoms with Crippen molar-refractivity contribution in [2.45, 2.75) is 37.8 Å². The average Bonchev–Trinajstić information content (AvgIpc) is 3.09. The molecule has 1 aliphatic carbocycles. The molecule has 0 amide bonds. The van der Waals surface area contributed by atoms with E-state index >= 15 is 0 Å². The molecule has 1 aromatic carbocycles. The number of β-amino-alcohol motifs (C(OH)–C–C–N with tert-alkyl or cyclic N) is 1. The van der Waals surface area contributed by atoms with Crippen molar-refractivity contribution >= 4 is 5.69 Å². The summed E-state index contributed by atoms with van der Waals surface area (Å²) in [4.78, 5) is 4.32. The van der Waals surface area contributed by atoms with Gasteiger partial charge in [0.15, 0.2) is 0 Å². The number of para-hydroxylation sites is 1. The van der Waals surface area contributed by atoms with E-state index in [0.29, 0.717) is 24.8 Å². The van der Waals surface area contributed by atoms with Gasteiger partial charge >= 0.3 is 0 Å². The molecule has 1 atom stereocenters. The van der Waals surface area contributed by atoms with E-state index in [1.54, 1.807) is 6.07 Å². The molecule has 1 aromatic rings. The Morgan fingerprint density at radius 1 is 1.22 bits per heavy atom. The number of aliphatic hydroxyl groups is 1. The average molecular weight is 322 g/mol. The number of halogens is 1. The maximum atomic E-state index is 14.3. The van der Waals surface area contributed by atoms with Gasteiger partial charge in [-0.25, -0.2) is 4.39 Å². The van der Waals surface area contributed by atoms with Crippen LogP contribution in [-0.2, 0) is 4.74 Å². The molecule has 0 aromatic heterocycles. The first-order valence-electron chi connectivity index (χ1n) is 8.73. The Balaban J connectivity index is 1.66. The van der Waals surface area contributed by atoms with Gasteiger partial charge in [0.05, 0.1) is 25.0 Å². The maximum Gasteiger partial charge on any atom is 0.146 e. The van der Waals surface area contributed by atoms with Crippen LogP contribution in [0.2, 0.25) is 0 Å². The normalized spacial score (nSPS) is 21.5. The van der Waals surface area contributed by atoms with Gasteiger partial charge in [-0.05, 0) is 25.0 Å². The third kappa shape index (κ3) is 4.43. The Bertz CT molecular complexity index is 488. The molecule has 5 heteroatoms. The van der Waals surface area contributed by atoms with E-state index < -0.39 is 6.10 Å². The van der Waals surface area contributed by atoms with Gasteiger partial charge in [-0.1, -0.05) is 25.0 Å². The highest BCUT2D eigenvalue weighted by Gasteiger charge is 2.27. The molecule has 0 bridgehead atoms. The van der Waals surface area contributed by atoms with Crippen molar-refractivity contribution in [1.82, 2.24) is 4.90 Å². The zero-order valence-electron chi connectivity index (χ0n) is 13.7. The second-order valence-corrected chi connectivity index (χ2v) is 6.61. The van der Waals surface area contributed by atoms with Gasteiger partial charge in [0.25, 0.3) is 0 Å². The van der Waals surface area contributed by atoms with Gasteiger partial charge in [0.1, 0.15) is 5.82 Å². The fourth-order valence-corrected chi connectivity index (χ4v) is 3.71. The molecule has 128 valence electrons. The topological polar surface area (TPSA) is 35.9 Å². The van der Waals surface area contributed by atoms with Crippen LogP contribution in [0.15, 0.2) is 24.3 Å². The first-order valence-corrected chi connectivity index (χ1v) is 8.73. The summed E-state index contributed by atoms with van der Waals surface area (Å²) in [7, 11) is 0.